The molecule has 0 aliphatic heterocycles. The highest BCUT2D eigenvalue weighted by atomic mass is 32.2. The van der Waals surface area contributed by atoms with E-state index in [2.05, 4.69) is 0 Å². The third-order valence-electron chi connectivity index (χ3n) is 2.96. The Hall–Kier alpha value is -1.11. The molecule has 0 heterocycles. The fraction of sp³-hybridized carbons (Fsp3) is 0.538. The molecule has 0 unspecified atom stereocenters. The van der Waals surface area contributed by atoms with Crippen molar-refractivity contribution in [2.75, 3.05) is 31.0 Å². The van der Waals surface area contributed by atoms with Crippen molar-refractivity contribution < 1.29 is 8.42 Å². The molecule has 0 saturated carbocycles. The fourth-order valence-electron chi connectivity index (χ4n) is 1.79. The Labute approximate surface area is 116 Å². The molecule has 5 nitrogen and oxygen atoms in total. The summed E-state index contributed by atoms with van der Waals surface area (Å²) in [6.45, 7) is 5.12. The van der Waals surface area contributed by atoms with Gasteiger partial charge in [-0.1, -0.05) is 17.7 Å². The standard InChI is InChI=1S/C13H23N3O2S/c1-4-16(13-8-6-12(2)7-9-13)19(17,18)15(3)11-5-10-14/h6-9H,4-5,10-11,14H2,1-3H3. The Balaban J connectivity index is 2.98. The van der Waals surface area contributed by atoms with Gasteiger partial charge in [0.1, 0.15) is 0 Å². The number of hydrogen-bond acceptors (Lipinski definition) is 3. The summed E-state index contributed by atoms with van der Waals surface area (Å²) < 4.78 is 27.7. The minimum atomic E-state index is -3.48. The van der Waals surface area contributed by atoms with Gasteiger partial charge in [-0.15, -0.1) is 0 Å². The van der Waals surface area contributed by atoms with E-state index in [0.717, 1.165) is 5.56 Å². The van der Waals surface area contributed by atoms with Crippen molar-refractivity contribution in [1.29, 1.82) is 0 Å². The lowest BCUT2D eigenvalue weighted by atomic mass is 10.2. The molecule has 0 spiro atoms. The first-order chi connectivity index (χ1) is 8.93. The largest absolute Gasteiger partial charge is 0.330 e. The second-order valence-corrected chi connectivity index (χ2v) is 6.43. The molecule has 0 radical (unpaired) electrons. The minimum absolute atomic E-state index is 0.401. The third-order valence-corrected chi connectivity index (χ3v) is 4.96. The zero-order chi connectivity index (χ0) is 14.5. The van der Waals surface area contributed by atoms with Crippen molar-refractivity contribution in [3.8, 4) is 0 Å². The van der Waals surface area contributed by atoms with E-state index in [4.69, 9.17) is 5.73 Å². The first-order valence-electron chi connectivity index (χ1n) is 6.44. The molecule has 108 valence electrons. The van der Waals surface area contributed by atoms with Crippen LogP contribution in [0.2, 0.25) is 0 Å². The van der Waals surface area contributed by atoms with E-state index in [1.807, 2.05) is 38.1 Å². The number of aryl methyl sites for hydroxylation is 1. The van der Waals surface area contributed by atoms with E-state index < -0.39 is 10.2 Å². The Morgan fingerprint density at radius 2 is 1.79 bits per heavy atom. The molecule has 2 N–H and O–H groups in total. The summed E-state index contributed by atoms with van der Waals surface area (Å²) in [5, 5.41) is 0. The van der Waals surface area contributed by atoms with Crippen molar-refractivity contribution in [3.05, 3.63) is 29.8 Å². The first-order valence-corrected chi connectivity index (χ1v) is 7.84. The summed E-state index contributed by atoms with van der Waals surface area (Å²) in [5.74, 6) is 0. The third kappa shape index (κ3) is 3.92. The Morgan fingerprint density at radius 3 is 2.26 bits per heavy atom. The summed E-state index contributed by atoms with van der Waals surface area (Å²) in [4.78, 5) is 0. The predicted octanol–water partition coefficient (Wildman–Crippen LogP) is 1.35. The van der Waals surface area contributed by atoms with E-state index in [-0.39, 0.29) is 0 Å². The van der Waals surface area contributed by atoms with Gasteiger partial charge in [-0.3, -0.25) is 4.31 Å². The molecule has 1 aromatic rings. The number of nitrogens with two attached hydrogens (primary N) is 1. The Bertz CT molecular complexity index is 485. The number of hydrogen-bond donors (Lipinski definition) is 1. The van der Waals surface area contributed by atoms with Crippen LogP contribution in [0, 0.1) is 6.92 Å². The molecule has 0 amide bonds. The Kier molecular flexibility index (Phi) is 5.78. The van der Waals surface area contributed by atoms with E-state index >= 15 is 0 Å². The maximum atomic E-state index is 12.5. The molecule has 0 aliphatic rings. The second-order valence-electron chi connectivity index (χ2n) is 4.47. The van der Waals surface area contributed by atoms with Crippen molar-refractivity contribution in [3.63, 3.8) is 0 Å². The molecule has 6 heteroatoms. The van der Waals surface area contributed by atoms with Gasteiger partial charge in [-0.05, 0) is 38.9 Å². The highest BCUT2D eigenvalue weighted by molar-refractivity contribution is 7.90. The van der Waals surface area contributed by atoms with Gasteiger partial charge in [0.25, 0.3) is 0 Å². The van der Waals surface area contributed by atoms with Crippen LogP contribution in [0.4, 0.5) is 5.69 Å². The number of benzene rings is 1. The van der Waals surface area contributed by atoms with Crippen LogP contribution in [-0.4, -0.2) is 39.4 Å². The fourth-order valence-corrected chi connectivity index (χ4v) is 3.20. The van der Waals surface area contributed by atoms with Gasteiger partial charge in [0.2, 0.25) is 0 Å². The van der Waals surface area contributed by atoms with Gasteiger partial charge >= 0.3 is 10.2 Å². The average molecular weight is 285 g/mol. The molecule has 0 aromatic heterocycles. The van der Waals surface area contributed by atoms with Gasteiger partial charge in [0, 0.05) is 20.1 Å². The smallest absolute Gasteiger partial charge is 0.303 e. The summed E-state index contributed by atoms with van der Waals surface area (Å²) in [7, 11) is -1.89. The van der Waals surface area contributed by atoms with E-state index in [9.17, 15) is 8.42 Å². The van der Waals surface area contributed by atoms with Crippen molar-refractivity contribution in [2.24, 2.45) is 5.73 Å². The lowest BCUT2D eigenvalue weighted by Gasteiger charge is -2.28. The van der Waals surface area contributed by atoms with Crippen LogP contribution < -0.4 is 10.0 Å². The average Bonchev–Trinajstić information content (AvgIpc) is 2.38. The minimum Gasteiger partial charge on any atom is -0.330 e. The maximum absolute atomic E-state index is 12.5. The van der Waals surface area contributed by atoms with Crippen LogP contribution in [0.5, 0.6) is 0 Å². The zero-order valence-electron chi connectivity index (χ0n) is 11.8. The van der Waals surface area contributed by atoms with Gasteiger partial charge in [-0.25, -0.2) is 0 Å². The van der Waals surface area contributed by atoms with E-state index in [1.54, 1.807) is 7.05 Å². The van der Waals surface area contributed by atoms with Crippen LogP contribution in [0.25, 0.3) is 0 Å². The van der Waals surface area contributed by atoms with Crippen molar-refractivity contribution in [1.82, 2.24) is 4.31 Å². The van der Waals surface area contributed by atoms with Crippen LogP contribution in [0.1, 0.15) is 18.9 Å². The zero-order valence-corrected chi connectivity index (χ0v) is 12.7. The summed E-state index contributed by atoms with van der Waals surface area (Å²) >= 11 is 0. The first kappa shape index (κ1) is 15.9. The van der Waals surface area contributed by atoms with Crippen molar-refractivity contribution in [2.45, 2.75) is 20.3 Å². The predicted molar refractivity (Wildman–Crippen MR) is 79.4 cm³/mol. The number of anilines is 1. The molecule has 0 fully saturated rings. The van der Waals surface area contributed by atoms with Gasteiger partial charge in [0.05, 0.1) is 5.69 Å². The monoisotopic (exact) mass is 285 g/mol. The quantitative estimate of drug-likeness (QED) is 0.822. The number of rotatable bonds is 7. The molecule has 19 heavy (non-hydrogen) atoms. The molecule has 0 atom stereocenters. The van der Waals surface area contributed by atoms with Crippen LogP contribution in [-0.2, 0) is 10.2 Å². The molecule has 1 rings (SSSR count). The SMILES string of the molecule is CCN(c1ccc(C)cc1)S(=O)(=O)N(C)CCCN. The Morgan fingerprint density at radius 1 is 1.21 bits per heavy atom. The van der Waals surface area contributed by atoms with Crippen LogP contribution in [0.15, 0.2) is 24.3 Å². The highest BCUT2D eigenvalue weighted by Gasteiger charge is 2.25. The molecular formula is C13H23N3O2S. The molecular weight excluding hydrogens is 262 g/mol. The van der Waals surface area contributed by atoms with E-state index in [1.165, 1.54) is 8.61 Å². The van der Waals surface area contributed by atoms with Crippen LogP contribution in [0.3, 0.4) is 0 Å². The van der Waals surface area contributed by atoms with Crippen LogP contribution >= 0.6 is 0 Å². The maximum Gasteiger partial charge on any atom is 0.303 e. The number of nitrogens with zero attached hydrogens (tertiary/aromatic N) is 2. The molecule has 0 aliphatic carbocycles. The van der Waals surface area contributed by atoms with Gasteiger partial charge in [-0.2, -0.15) is 12.7 Å². The summed E-state index contributed by atoms with van der Waals surface area (Å²) in [5.41, 5.74) is 7.21. The topological polar surface area (TPSA) is 66.6 Å². The normalized spacial score (nSPS) is 11.8. The lowest BCUT2D eigenvalue weighted by Crippen LogP contribution is -2.42. The lowest BCUT2D eigenvalue weighted by molar-refractivity contribution is 0.461. The van der Waals surface area contributed by atoms with E-state index in [0.29, 0.717) is 31.7 Å². The highest BCUT2D eigenvalue weighted by Crippen LogP contribution is 2.20. The summed E-state index contributed by atoms with van der Waals surface area (Å²) in [6.07, 6.45) is 0.654. The van der Waals surface area contributed by atoms with Gasteiger partial charge < -0.3 is 5.73 Å². The molecule has 0 saturated heterocycles. The molecule has 1 aromatic carbocycles. The van der Waals surface area contributed by atoms with Crippen molar-refractivity contribution >= 4 is 15.9 Å². The molecule has 0 bridgehead atoms. The summed E-state index contributed by atoms with van der Waals surface area (Å²) in [6, 6.07) is 7.47. The second kappa shape index (κ2) is 6.88. The van der Waals surface area contributed by atoms with Gasteiger partial charge in [0.15, 0.2) is 0 Å².